The van der Waals surface area contributed by atoms with Crippen molar-refractivity contribution in [1.29, 1.82) is 10.5 Å². The van der Waals surface area contributed by atoms with E-state index < -0.39 is 0 Å². The molecule has 0 spiro atoms. The molecule has 0 saturated carbocycles. The van der Waals surface area contributed by atoms with Crippen LogP contribution in [0.5, 0.6) is 0 Å². The molecule has 2 rings (SSSR count). The summed E-state index contributed by atoms with van der Waals surface area (Å²) in [6, 6.07) is 13.5. The number of benzene rings is 2. The third-order valence-electron chi connectivity index (χ3n) is 2.22. The Labute approximate surface area is 95.5 Å². The molecule has 0 unspecified atom stereocenters. The van der Waals surface area contributed by atoms with Gasteiger partial charge in [-0.05, 0) is 27.4 Å². The van der Waals surface area contributed by atoms with Crippen LogP contribution in [0.15, 0.2) is 34.8 Å². The fraction of sp³-hybridized carbons (Fsp3) is 0. The zero-order valence-electron chi connectivity index (χ0n) is 7.66. The van der Waals surface area contributed by atoms with Gasteiger partial charge in [0.2, 0.25) is 0 Å². The van der Waals surface area contributed by atoms with Gasteiger partial charge in [0.15, 0.2) is 0 Å². The van der Waals surface area contributed by atoms with Crippen LogP contribution < -0.4 is 0 Å². The first-order valence-electron chi connectivity index (χ1n) is 4.29. The molecule has 0 bridgehead atoms. The fourth-order valence-corrected chi connectivity index (χ4v) is 2.07. The van der Waals surface area contributed by atoms with Crippen LogP contribution in [0.25, 0.3) is 10.8 Å². The smallest absolute Gasteiger partial charge is 0.102 e. The lowest BCUT2D eigenvalue weighted by molar-refractivity contribution is 1.44. The molecule has 0 fully saturated rings. The third kappa shape index (κ3) is 1.48. The molecule has 0 N–H and O–H groups in total. The van der Waals surface area contributed by atoms with Gasteiger partial charge < -0.3 is 0 Å². The van der Waals surface area contributed by atoms with E-state index in [-0.39, 0.29) is 0 Å². The lowest BCUT2D eigenvalue weighted by atomic mass is 10.0. The summed E-state index contributed by atoms with van der Waals surface area (Å²) in [6.07, 6.45) is 0. The molecule has 70 valence electrons. The first kappa shape index (κ1) is 9.71. The van der Waals surface area contributed by atoms with Gasteiger partial charge >= 0.3 is 0 Å². The van der Waals surface area contributed by atoms with Crippen molar-refractivity contribution in [2.75, 3.05) is 0 Å². The van der Waals surface area contributed by atoms with Gasteiger partial charge in [0.05, 0.1) is 11.1 Å². The van der Waals surface area contributed by atoms with Crippen molar-refractivity contribution in [1.82, 2.24) is 0 Å². The van der Waals surface area contributed by atoms with Crippen molar-refractivity contribution < 1.29 is 0 Å². The molecule has 15 heavy (non-hydrogen) atoms. The van der Waals surface area contributed by atoms with Gasteiger partial charge in [-0.1, -0.05) is 24.3 Å². The normalized spacial score (nSPS) is 9.53. The number of rotatable bonds is 0. The van der Waals surface area contributed by atoms with E-state index in [0.717, 1.165) is 10.8 Å². The Morgan fingerprint density at radius 2 is 1.67 bits per heavy atom. The molecule has 0 saturated heterocycles. The molecule has 0 aromatic heterocycles. The van der Waals surface area contributed by atoms with Crippen molar-refractivity contribution in [2.45, 2.75) is 0 Å². The molecule has 0 amide bonds. The maximum absolute atomic E-state index is 9.05. The molecule has 0 heterocycles. The predicted molar refractivity (Wildman–Crippen MR) is 61.1 cm³/mol. The Bertz CT molecular complexity index is 618. The maximum atomic E-state index is 9.05. The largest absolute Gasteiger partial charge is 0.192 e. The van der Waals surface area contributed by atoms with E-state index in [2.05, 4.69) is 22.0 Å². The second kappa shape index (κ2) is 3.73. The molecule has 2 aromatic carbocycles. The van der Waals surface area contributed by atoms with E-state index in [4.69, 9.17) is 10.5 Å². The monoisotopic (exact) mass is 256 g/mol. The molecule has 2 aromatic rings. The van der Waals surface area contributed by atoms with Gasteiger partial charge in [-0.3, -0.25) is 0 Å². The summed E-state index contributed by atoms with van der Waals surface area (Å²) in [7, 11) is 0. The lowest BCUT2D eigenvalue weighted by Gasteiger charge is -2.03. The summed E-state index contributed by atoms with van der Waals surface area (Å²) in [5.74, 6) is 0. The quantitative estimate of drug-likeness (QED) is 0.726. The SMILES string of the molecule is N#Cc1c(Br)cc2ccccc2c1C#N. The summed E-state index contributed by atoms with van der Waals surface area (Å²) in [5, 5.41) is 19.8. The average Bonchev–Trinajstić information content (AvgIpc) is 2.27. The van der Waals surface area contributed by atoms with Gasteiger partial charge in [0.1, 0.15) is 12.1 Å². The molecule has 0 aliphatic carbocycles. The summed E-state index contributed by atoms with van der Waals surface area (Å²) in [6.45, 7) is 0. The lowest BCUT2D eigenvalue weighted by Crippen LogP contribution is -1.88. The van der Waals surface area contributed by atoms with E-state index in [0.29, 0.717) is 15.6 Å². The Kier molecular flexibility index (Phi) is 2.41. The zero-order valence-corrected chi connectivity index (χ0v) is 9.25. The summed E-state index contributed by atoms with van der Waals surface area (Å²) >= 11 is 3.30. The number of hydrogen-bond acceptors (Lipinski definition) is 2. The van der Waals surface area contributed by atoms with E-state index in [1.165, 1.54) is 0 Å². The Balaban J connectivity index is 3.01. The predicted octanol–water partition coefficient (Wildman–Crippen LogP) is 3.35. The standard InChI is InChI=1S/C12H5BrN2/c13-12-5-8-3-1-2-4-9(8)10(6-14)11(12)7-15/h1-5H. The highest BCUT2D eigenvalue weighted by Gasteiger charge is 2.10. The number of nitriles is 2. The van der Waals surface area contributed by atoms with Crippen molar-refractivity contribution in [3.05, 3.63) is 45.9 Å². The zero-order chi connectivity index (χ0) is 10.8. The number of hydrogen-bond donors (Lipinski definition) is 0. The van der Waals surface area contributed by atoms with Crippen LogP contribution in [0.4, 0.5) is 0 Å². The molecule has 3 heteroatoms. The molecule has 0 aliphatic heterocycles. The topological polar surface area (TPSA) is 47.6 Å². The highest BCUT2D eigenvalue weighted by atomic mass is 79.9. The van der Waals surface area contributed by atoms with Crippen LogP contribution in [0.1, 0.15) is 11.1 Å². The summed E-state index contributed by atoms with van der Waals surface area (Å²) < 4.78 is 0.667. The number of nitrogens with zero attached hydrogens (tertiary/aromatic N) is 2. The summed E-state index contributed by atoms with van der Waals surface area (Å²) in [4.78, 5) is 0. The van der Waals surface area contributed by atoms with Gasteiger partial charge in [-0.25, -0.2) is 0 Å². The highest BCUT2D eigenvalue weighted by molar-refractivity contribution is 9.10. The van der Waals surface area contributed by atoms with Gasteiger partial charge in [-0.2, -0.15) is 10.5 Å². The second-order valence-electron chi connectivity index (χ2n) is 3.05. The van der Waals surface area contributed by atoms with Crippen molar-refractivity contribution in [3.8, 4) is 12.1 Å². The minimum absolute atomic E-state index is 0.399. The van der Waals surface area contributed by atoms with Crippen molar-refractivity contribution in [3.63, 3.8) is 0 Å². The molecular formula is C12H5BrN2. The highest BCUT2D eigenvalue weighted by Crippen LogP contribution is 2.28. The van der Waals surface area contributed by atoms with Crippen molar-refractivity contribution in [2.24, 2.45) is 0 Å². The summed E-state index contributed by atoms with van der Waals surface area (Å²) in [5.41, 5.74) is 0.832. The van der Waals surface area contributed by atoms with Crippen LogP contribution in [0.2, 0.25) is 0 Å². The minimum Gasteiger partial charge on any atom is -0.192 e. The van der Waals surface area contributed by atoms with Gasteiger partial charge in [0.25, 0.3) is 0 Å². The number of fused-ring (bicyclic) bond motifs is 1. The van der Waals surface area contributed by atoms with Crippen molar-refractivity contribution >= 4 is 26.7 Å². The van der Waals surface area contributed by atoms with E-state index in [1.54, 1.807) is 0 Å². The first-order chi connectivity index (χ1) is 7.27. The molecular weight excluding hydrogens is 252 g/mol. The average molecular weight is 257 g/mol. The van der Waals surface area contributed by atoms with E-state index in [9.17, 15) is 0 Å². The van der Waals surface area contributed by atoms with Crippen LogP contribution >= 0.6 is 15.9 Å². The Hall–Kier alpha value is -1.84. The van der Waals surface area contributed by atoms with Crippen LogP contribution in [0.3, 0.4) is 0 Å². The minimum atomic E-state index is 0.399. The fourth-order valence-electron chi connectivity index (χ4n) is 1.54. The number of halogens is 1. The molecule has 0 aliphatic rings. The van der Waals surface area contributed by atoms with Gasteiger partial charge in [0, 0.05) is 9.86 Å². The van der Waals surface area contributed by atoms with Gasteiger partial charge in [-0.15, -0.1) is 0 Å². The first-order valence-corrected chi connectivity index (χ1v) is 5.08. The Morgan fingerprint density at radius 3 is 2.33 bits per heavy atom. The third-order valence-corrected chi connectivity index (χ3v) is 2.85. The molecule has 2 nitrogen and oxygen atoms in total. The van der Waals surface area contributed by atoms with Crippen LogP contribution in [-0.2, 0) is 0 Å². The molecule has 0 radical (unpaired) electrons. The Morgan fingerprint density at radius 1 is 1.00 bits per heavy atom. The van der Waals surface area contributed by atoms with Crippen LogP contribution in [0, 0.1) is 22.7 Å². The maximum Gasteiger partial charge on any atom is 0.102 e. The second-order valence-corrected chi connectivity index (χ2v) is 3.91. The van der Waals surface area contributed by atoms with Crippen LogP contribution in [-0.4, -0.2) is 0 Å². The van der Waals surface area contributed by atoms with E-state index in [1.807, 2.05) is 36.4 Å². The molecule has 0 atom stereocenters. The van der Waals surface area contributed by atoms with E-state index >= 15 is 0 Å².